The monoisotopic (exact) mass is 460 g/mol. The molecule has 2 heterocycles. The highest BCUT2D eigenvalue weighted by molar-refractivity contribution is 5.95. The quantitative estimate of drug-likeness (QED) is 0.578. The van der Waals surface area contributed by atoms with Gasteiger partial charge in [0.1, 0.15) is 5.52 Å². The number of piperazine rings is 1. The van der Waals surface area contributed by atoms with Crippen LogP contribution < -0.4 is 0 Å². The van der Waals surface area contributed by atoms with Crippen LogP contribution >= 0.6 is 0 Å². The van der Waals surface area contributed by atoms with Crippen molar-refractivity contribution in [3.63, 3.8) is 0 Å². The molecule has 1 saturated heterocycles. The molecule has 2 unspecified atom stereocenters. The second-order valence-electron chi connectivity index (χ2n) is 9.40. The summed E-state index contributed by atoms with van der Waals surface area (Å²) in [5, 5.41) is 0. The Morgan fingerprint density at radius 2 is 1.76 bits per heavy atom. The maximum atomic E-state index is 13.2. The number of oxazole rings is 1. The van der Waals surface area contributed by atoms with Crippen molar-refractivity contribution in [1.29, 1.82) is 0 Å². The number of benzene rings is 2. The number of rotatable bonds is 5. The Morgan fingerprint density at radius 1 is 1.03 bits per heavy atom. The summed E-state index contributed by atoms with van der Waals surface area (Å²) in [6.07, 6.45) is 2.47. The van der Waals surface area contributed by atoms with Gasteiger partial charge in [-0.3, -0.25) is 9.59 Å². The molecule has 2 amide bonds. The molecule has 1 aromatic heterocycles. The summed E-state index contributed by atoms with van der Waals surface area (Å²) >= 11 is 0. The number of carbonyl (C=O) groups excluding carboxylic acids is 2. The molecule has 0 N–H and O–H groups in total. The molecule has 3 aromatic rings. The van der Waals surface area contributed by atoms with Crippen LogP contribution in [0, 0.1) is 5.92 Å². The zero-order valence-electron chi connectivity index (χ0n) is 19.9. The van der Waals surface area contributed by atoms with Crippen LogP contribution in [0.3, 0.4) is 0 Å². The molecule has 2 aromatic carbocycles. The molecule has 0 radical (unpaired) electrons. The lowest BCUT2D eigenvalue weighted by Gasteiger charge is -2.35. The zero-order valence-corrected chi connectivity index (χ0v) is 19.9. The highest BCUT2D eigenvalue weighted by Gasteiger charge is 2.36. The minimum absolute atomic E-state index is 0.0150. The first-order valence-electron chi connectivity index (χ1n) is 12.3. The fourth-order valence-corrected chi connectivity index (χ4v) is 5.20. The van der Waals surface area contributed by atoms with Crippen LogP contribution in [-0.4, -0.2) is 77.3 Å². The predicted molar refractivity (Wildman–Crippen MR) is 131 cm³/mol. The summed E-state index contributed by atoms with van der Waals surface area (Å²) in [5.41, 5.74) is 3.03. The van der Waals surface area contributed by atoms with Crippen molar-refractivity contribution in [3.8, 4) is 11.5 Å². The summed E-state index contributed by atoms with van der Waals surface area (Å²) in [4.78, 5) is 36.9. The highest BCUT2D eigenvalue weighted by atomic mass is 16.3. The normalized spacial score (nSPS) is 21.2. The van der Waals surface area contributed by atoms with Gasteiger partial charge in [-0.25, -0.2) is 4.98 Å². The van der Waals surface area contributed by atoms with E-state index in [1.54, 1.807) is 0 Å². The van der Waals surface area contributed by atoms with Gasteiger partial charge in [0.15, 0.2) is 5.58 Å². The van der Waals surface area contributed by atoms with E-state index >= 15 is 0 Å². The predicted octanol–water partition coefficient (Wildman–Crippen LogP) is 3.90. The number of fused-ring (bicyclic) bond motifs is 1. The van der Waals surface area contributed by atoms with E-state index in [4.69, 9.17) is 4.42 Å². The third-order valence-electron chi connectivity index (χ3n) is 7.43. The summed E-state index contributed by atoms with van der Waals surface area (Å²) in [5.74, 6) is 0.820. The summed E-state index contributed by atoms with van der Waals surface area (Å²) in [7, 11) is 1.86. The van der Waals surface area contributed by atoms with Gasteiger partial charge in [-0.15, -0.1) is 0 Å². The highest BCUT2D eigenvalue weighted by Crippen LogP contribution is 2.32. The number of amides is 2. The van der Waals surface area contributed by atoms with Crippen LogP contribution in [0.25, 0.3) is 22.6 Å². The van der Waals surface area contributed by atoms with E-state index in [9.17, 15) is 9.59 Å². The molecule has 34 heavy (non-hydrogen) atoms. The van der Waals surface area contributed by atoms with Gasteiger partial charge in [0.2, 0.25) is 11.8 Å². The molecule has 7 heteroatoms. The third-order valence-corrected chi connectivity index (χ3v) is 7.43. The van der Waals surface area contributed by atoms with E-state index < -0.39 is 0 Å². The maximum Gasteiger partial charge on any atom is 0.253 e. The van der Waals surface area contributed by atoms with Gasteiger partial charge in [-0.1, -0.05) is 19.1 Å². The molecular formula is C27H32N4O3. The van der Waals surface area contributed by atoms with E-state index in [1.807, 2.05) is 65.4 Å². The number of hydrogen-bond acceptors (Lipinski definition) is 5. The fourth-order valence-electron chi connectivity index (χ4n) is 5.20. The van der Waals surface area contributed by atoms with Gasteiger partial charge in [0.05, 0.1) is 0 Å². The van der Waals surface area contributed by atoms with Crippen molar-refractivity contribution >= 4 is 22.9 Å². The molecule has 5 rings (SSSR count). The van der Waals surface area contributed by atoms with Gasteiger partial charge in [0, 0.05) is 56.3 Å². The van der Waals surface area contributed by atoms with Gasteiger partial charge in [-0.05, 0) is 62.2 Å². The molecular weight excluding hydrogens is 428 g/mol. The zero-order chi connectivity index (χ0) is 23.7. The fraction of sp³-hybridized carbons (Fsp3) is 0.444. The molecule has 1 aliphatic carbocycles. The molecule has 2 fully saturated rings. The Kier molecular flexibility index (Phi) is 6.37. The second-order valence-corrected chi connectivity index (χ2v) is 9.40. The van der Waals surface area contributed by atoms with E-state index in [0.29, 0.717) is 11.5 Å². The summed E-state index contributed by atoms with van der Waals surface area (Å²) in [6.45, 7) is 6.74. The lowest BCUT2D eigenvalue weighted by atomic mass is 10.0. The first-order valence-corrected chi connectivity index (χ1v) is 12.3. The average molecular weight is 461 g/mol. The van der Waals surface area contributed by atoms with Crippen molar-refractivity contribution < 1.29 is 14.0 Å². The van der Waals surface area contributed by atoms with Crippen LogP contribution in [0.2, 0.25) is 0 Å². The van der Waals surface area contributed by atoms with Crippen LogP contribution in [-0.2, 0) is 4.79 Å². The molecule has 7 nitrogen and oxygen atoms in total. The number of nitrogens with zero attached hydrogens (tertiary/aromatic N) is 4. The molecule has 1 saturated carbocycles. The number of para-hydroxylation sites is 2. The van der Waals surface area contributed by atoms with E-state index in [0.717, 1.165) is 68.6 Å². The Hall–Kier alpha value is -3.19. The van der Waals surface area contributed by atoms with Crippen molar-refractivity contribution in [3.05, 3.63) is 54.1 Å². The molecule has 2 atom stereocenters. The molecule has 0 bridgehead atoms. The first-order chi connectivity index (χ1) is 16.5. The van der Waals surface area contributed by atoms with E-state index in [-0.39, 0.29) is 23.8 Å². The number of likely N-dealkylation sites (N-methyl/N-ethyl adjacent to an activating group) is 1. The Bertz CT molecular complexity index is 1130. The topological polar surface area (TPSA) is 69.9 Å². The van der Waals surface area contributed by atoms with Gasteiger partial charge in [0.25, 0.3) is 5.91 Å². The van der Waals surface area contributed by atoms with E-state index in [2.05, 4.69) is 16.8 Å². The largest absolute Gasteiger partial charge is 0.436 e. The number of hydrogen-bond donors (Lipinski definition) is 0. The van der Waals surface area contributed by atoms with E-state index in [1.165, 1.54) is 0 Å². The van der Waals surface area contributed by atoms with Crippen LogP contribution in [0.4, 0.5) is 0 Å². The molecule has 0 spiro atoms. The Balaban J connectivity index is 1.20. The van der Waals surface area contributed by atoms with Crippen molar-refractivity contribution in [2.45, 2.75) is 32.2 Å². The van der Waals surface area contributed by atoms with Crippen molar-refractivity contribution in [2.24, 2.45) is 5.92 Å². The van der Waals surface area contributed by atoms with Crippen LogP contribution in [0.1, 0.15) is 36.5 Å². The minimum atomic E-state index is -0.0150. The van der Waals surface area contributed by atoms with Crippen LogP contribution in [0.15, 0.2) is 52.9 Å². The standard InChI is InChI=1S/C27H32N4O3/c1-3-30-14-16-31(17-15-30)27(33)21-12-13-22(18-21)29(2)26(32)20-10-8-19(9-11-20)25-28-23-6-4-5-7-24(23)34-25/h4-11,21-22H,3,12-18H2,1-2H3. The average Bonchev–Trinajstić information content (AvgIpc) is 3.55. The smallest absolute Gasteiger partial charge is 0.253 e. The lowest BCUT2D eigenvalue weighted by Crippen LogP contribution is -2.50. The first kappa shape index (κ1) is 22.6. The van der Waals surface area contributed by atoms with Gasteiger partial charge in [-0.2, -0.15) is 0 Å². The summed E-state index contributed by atoms with van der Waals surface area (Å²) in [6, 6.07) is 15.2. The molecule has 1 aliphatic heterocycles. The molecule has 178 valence electrons. The van der Waals surface area contributed by atoms with Crippen molar-refractivity contribution in [2.75, 3.05) is 39.8 Å². The van der Waals surface area contributed by atoms with Crippen LogP contribution in [0.5, 0.6) is 0 Å². The second kappa shape index (κ2) is 9.58. The maximum absolute atomic E-state index is 13.2. The lowest BCUT2D eigenvalue weighted by molar-refractivity contribution is -0.137. The van der Waals surface area contributed by atoms with Crippen molar-refractivity contribution in [1.82, 2.24) is 19.7 Å². The number of aromatic nitrogens is 1. The Labute approximate surface area is 200 Å². The Morgan fingerprint density at radius 3 is 2.47 bits per heavy atom. The van der Waals surface area contributed by atoms with Gasteiger partial charge < -0.3 is 19.1 Å². The SMILES string of the molecule is CCN1CCN(C(=O)C2CCC(N(C)C(=O)c3ccc(-c4nc5ccccc5o4)cc3)C2)CC1. The molecule has 2 aliphatic rings. The third kappa shape index (κ3) is 4.44. The minimum Gasteiger partial charge on any atom is -0.436 e. The summed E-state index contributed by atoms with van der Waals surface area (Å²) < 4.78 is 5.83. The number of carbonyl (C=O) groups is 2. The van der Waals surface area contributed by atoms with Gasteiger partial charge >= 0.3 is 0 Å².